The number of carbonyl (C=O) groups excluding carboxylic acids is 2. The first-order valence-corrected chi connectivity index (χ1v) is 12.6. The molecule has 4 rings (SSSR count). The van der Waals surface area contributed by atoms with Gasteiger partial charge in [-0.2, -0.15) is 0 Å². The van der Waals surface area contributed by atoms with Crippen molar-refractivity contribution >= 4 is 11.9 Å². The van der Waals surface area contributed by atoms with Crippen molar-refractivity contribution in [2.45, 2.75) is 103 Å². The quantitative estimate of drug-likeness (QED) is 0.455. The van der Waals surface area contributed by atoms with Gasteiger partial charge in [0.05, 0.1) is 12.8 Å². The lowest BCUT2D eigenvalue weighted by Gasteiger charge is -2.21. The average Bonchev–Trinajstić information content (AvgIpc) is 3.29. The van der Waals surface area contributed by atoms with Gasteiger partial charge in [0, 0.05) is 0 Å². The van der Waals surface area contributed by atoms with Crippen molar-refractivity contribution in [3.8, 4) is 11.1 Å². The van der Waals surface area contributed by atoms with Gasteiger partial charge in [-0.15, -0.1) is 0 Å². The molecule has 4 heteroatoms. The van der Waals surface area contributed by atoms with Gasteiger partial charge in [-0.25, -0.2) is 0 Å². The molecular formula is C30H38O4. The highest BCUT2D eigenvalue weighted by Gasteiger charge is 2.32. The highest BCUT2D eigenvalue weighted by molar-refractivity contribution is 5.77. The number of rotatable bonds is 5. The third-order valence-electron chi connectivity index (χ3n) is 6.75. The summed E-state index contributed by atoms with van der Waals surface area (Å²) in [6.45, 7) is 11.5. The first-order valence-electron chi connectivity index (χ1n) is 12.6. The smallest absolute Gasteiger partial charge is 0.306 e. The molecule has 0 unspecified atom stereocenters. The van der Waals surface area contributed by atoms with Crippen LogP contribution in [-0.2, 0) is 31.9 Å². The largest absolute Gasteiger partial charge is 0.460 e. The predicted molar refractivity (Wildman–Crippen MR) is 135 cm³/mol. The lowest BCUT2D eigenvalue weighted by Crippen LogP contribution is -2.24. The summed E-state index contributed by atoms with van der Waals surface area (Å²) in [7, 11) is 0. The fraction of sp³-hybridized carbons (Fsp3) is 0.533. The number of hydrogen-bond acceptors (Lipinski definition) is 4. The summed E-state index contributed by atoms with van der Waals surface area (Å²) in [5.41, 5.74) is 6.92. The third kappa shape index (κ3) is 5.54. The molecule has 0 bridgehead atoms. The van der Waals surface area contributed by atoms with Crippen LogP contribution in [0.1, 0.15) is 101 Å². The van der Waals surface area contributed by atoms with Crippen molar-refractivity contribution in [2.75, 3.05) is 0 Å². The number of hydrogen-bond donors (Lipinski definition) is 0. The zero-order valence-electron chi connectivity index (χ0n) is 21.5. The second-order valence-corrected chi connectivity index (χ2v) is 11.8. The lowest BCUT2D eigenvalue weighted by molar-refractivity contribution is -0.156. The summed E-state index contributed by atoms with van der Waals surface area (Å²) in [6, 6.07) is 13.0. The monoisotopic (exact) mass is 462 g/mol. The maximum Gasteiger partial charge on any atom is 0.306 e. The van der Waals surface area contributed by atoms with Crippen LogP contribution in [0.4, 0.5) is 0 Å². The molecule has 0 saturated carbocycles. The highest BCUT2D eigenvalue weighted by Crippen LogP contribution is 2.45. The van der Waals surface area contributed by atoms with Gasteiger partial charge in [-0.1, -0.05) is 36.4 Å². The van der Waals surface area contributed by atoms with Crippen LogP contribution in [0.25, 0.3) is 11.1 Å². The molecule has 0 N–H and O–H groups in total. The molecule has 182 valence electrons. The minimum Gasteiger partial charge on any atom is -0.460 e. The van der Waals surface area contributed by atoms with Gasteiger partial charge >= 0.3 is 11.9 Å². The highest BCUT2D eigenvalue weighted by atomic mass is 16.6. The van der Waals surface area contributed by atoms with Crippen LogP contribution in [0.2, 0.25) is 0 Å². The Morgan fingerprint density at radius 3 is 1.44 bits per heavy atom. The Morgan fingerprint density at radius 2 is 1.09 bits per heavy atom. The fourth-order valence-corrected chi connectivity index (χ4v) is 5.58. The van der Waals surface area contributed by atoms with Crippen molar-refractivity contribution in [3.05, 3.63) is 58.7 Å². The van der Waals surface area contributed by atoms with Crippen LogP contribution >= 0.6 is 0 Å². The number of benzene rings is 2. The summed E-state index contributed by atoms with van der Waals surface area (Å²) < 4.78 is 11.2. The van der Waals surface area contributed by atoms with E-state index >= 15 is 0 Å². The molecule has 2 aliphatic rings. The molecular weight excluding hydrogens is 424 g/mol. The summed E-state index contributed by atoms with van der Waals surface area (Å²) in [5, 5.41) is 0. The summed E-state index contributed by atoms with van der Waals surface area (Å²) in [5.74, 6) is 0.172. The Bertz CT molecular complexity index is 996. The lowest BCUT2D eigenvalue weighted by atomic mass is 9.89. The van der Waals surface area contributed by atoms with Crippen LogP contribution < -0.4 is 0 Å². The average molecular weight is 463 g/mol. The first-order chi connectivity index (χ1) is 15.9. The Balaban J connectivity index is 1.57. The predicted octanol–water partition coefficient (Wildman–Crippen LogP) is 6.88. The van der Waals surface area contributed by atoms with Gasteiger partial charge in [0.25, 0.3) is 0 Å². The van der Waals surface area contributed by atoms with Gasteiger partial charge in [0.15, 0.2) is 0 Å². The van der Waals surface area contributed by atoms with Gasteiger partial charge in [-0.05, 0) is 112 Å². The topological polar surface area (TPSA) is 52.6 Å². The van der Waals surface area contributed by atoms with E-state index in [4.69, 9.17) is 9.47 Å². The molecule has 0 aliphatic heterocycles. The maximum atomic E-state index is 12.5. The first kappa shape index (κ1) is 24.5. The van der Waals surface area contributed by atoms with E-state index in [1.54, 1.807) is 0 Å². The van der Waals surface area contributed by atoms with Crippen LogP contribution in [0.5, 0.6) is 0 Å². The molecule has 2 aromatic carbocycles. The van der Waals surface area contributed by atoms with Crippen molar-refractivity contribution in [1.29, 1.82) is 0 Å². The Labute approximate surface area is 204 Å². The van der Waals surface area contributed by atoms with Crippen LogP contribution in [0.3, 0.4) is 0 Å². The molecule has 0 fully saturated rings. The molecule has 0 heterocycles. The normalized spacial score (nSPS) is 19.5. The number of carbonyl (C=O) groups is 2. The molecule has 4 nitrogen and oxygen atoms in total. The van der Waals surface area contributed by atoms with Crippen LogP contribution in [-0.4, -0.2) is 23.1 Å². The molecule has 2 aromatic rings. The van der Waals surface area contributed by atoms with E-state index < -0.39 is 11.2 Å². The summed E-state index contributed by atoms with van der Waals surface area (Å²) in [6.07, 6.45) is 4.76. The zero-order valence-corrected chi connectivity index (χ0v) is 21.5. The number of ether oxygens (including phenoxy) is 2. The molecule has 2 atom stereocenters. The Hall–Kier alpha value is -2.62. The second kappa shape index (κ2) is 9.20. The second-order valence-electron chi connectivity index (χ2n) is 11.8. The van der Waals surface area contributed by atoms with Gasteiger partial charge in [0.2, 0.25) is 0 Å². The van der Waals surface area contributed by atoms with E-state index in [1.807, 2.05) is 41.5 Å². The molecule has 0 saturated heterocycles. The molecule has 0 aromatic heterocycles. The Kier molecular flexibility index (Phi) is 6.63. The van der Waals surface area contributed by atoms with Crippen molar-refractivity contribution in [2.24, 2.45) is 0 Å². The zero-order chi connectivity index (χ0) is 24.7. The molecule has 0 spiro atoms. The van der Waals surface area contributed by atoms with E-state index in [0.717, 1.165) is 25.7 Å². The molecule has 34 heavy (non-hydrogen) atoms. The maximum absolute atomic E-state index is 12.5. The third-order valence-corrected chi connectivity index (χ3v) is 6.75. The SMILES string of the molecule is CC(C)(C)OC(=O)C[C@@H]1CCc2c(-c3cccc4c3CC[C@H]4CC(=O)OC(C)(C)C)cccc21. The van der Waals surface area contributed by atoms with E-state index in [0.29, 0.717) is 12.8 Å². The van der Waals surface area contributed by atoms with Crippen molar-refractivity contribution in [3.63, 3.8) is 0 Å². The van der Waals surface area contributed by atoms with Gasteiger partial charge in [-0.3, -0.25) is 9.59 Å². The van der Waals surface area contributed by atoms with E-state index in [2.05, 4.69) is 36.4 Å². The van der Waals surface area contributed by atoms with Crippen LogP contribution in [0.15, 0.2) is 36.4 Å². The van der Waals surface area contributed by atoms with Crippen molar-refractivity contribution < 1.29 is 19.1 Å². The number of esters is 2. The molecule has 0 radical (unpaired) electrons. The van der Waals surface area contributed by atoms with Crippen molar-refractivity contribution in [1.82, 2.24) is 0 Å². The van der Waals surface area contributed by atoms with E-state index in [1.165, 1.54) is 33.4 Å². The van der Waals surface area contributed by atoms with Gasteiger partial charge < -0.3 is 9.47 Å². The van der Waals surface area contributed by atoms with E-state index in [-0.39, 0.29) is 23.8 Å². The standard InChI is InChI=1S/C30H38O4/c1-29(2,3)33-27(31)17-19-13-15-25-21(19)9-7-11-23(25)24-12-8-10-22-20(14-16-26(22)24)18-28(32)34-30(4,5)6/h7-12,19-20H,13-18H2,1-6H3/t19-,20-/m0/s1. The summed E-state index contributed by atoms with van der Waals surface area (Å²) in [4.78, 5) is 25.0. The van der Waals surface area contributed by atoms with Crippen LogP contribution in [0, 0.1) is 0 Å². The minimum absolute atomic E-state index is 0.124. The molecule has 2 aliphatic carbocycles. The van der Waals surface area contributed by atoms with Gasteiger partial charge in [0.1, 0.15) is 11.2 Å². The number of fused-ring (bicyclic) bond motifs is 2. The molecule has 0 amide bonds. The fourth-order valence-electron chi connectivity index (χ4n) is 5.58. The minimum atomic E-state index is -0.458. The summed E-state index contributed by atoms with van der Waals surface area (Å²) >= 11 is 0. The Morgan fingerprint density at radius 1 is 0.706 bits per heavy atom. The van der Waals surface area contributed by atoms with E-state index in [9.17, 15) is 9.59 Å².